The van der Waals surface area contributed by atoms with Crippen molar-refractivity contribution in [3.8, 4) is 0 Å². The van der Waals surface area contributed by atoms with Gasteiger partial charge in [-0.15, -0.1) is 0 Å². The van der Waals surface area contributed by atoms with E-state index in [9.17, 15) is 13.2 Å². The predicted molar refractivity (Wildman–Crippen MR) is 105 cm³/mol. The summed E-state index contributed by atoms with van der Waals surface area (Å²) in [6, 6.07) is 20.0. The van der Waals surface area contributed by atoms with Crippen LogP contribution in [0.25, 0.3) is 10.8 Å². The second kappa shape index (κ2) is 6.15. The summed E-state index contributed by atoms with van der Waals surface area (Å²) in [5.74, 6) is -0.375. The minimum absolute atomic E-state index is 0.140. The maximum absolute atomic E-state index is 13.5. The Kier molecular flexibility index (Phi) is 3.82. The van der Waals surface area contributed by atoms with E-state index in [0.29, 0.717) is 35.2 Å². The van der Waals surface area contributed by atoms with E-state index in [-0.39, 0.29) is 12.5 Å². The Balaban J connectivity index is 1.58. The summed E-state index contributed by atoms with van der Waals surface area (Å²) in [6.07, 6.45) is 1.25. The molecule has 142 valence electrons. The van der Waals surface area contributed by atoms with Gasteiger partial charge in [0, 0.05) is 17.5 Å². The normalized spacial score (nSPS) is 22.4. The van der Waals surface area contributed by atoms with Gasteiger partial charge in [-0.25, -0.2) is 13.2 Å². The third-order valence-electron chi connectivity index (χ3n) is 5.71. The van der Waals surface area contributed by atoms with E-state index >= 15 is 0 Å². The molecule has 28 heavy (non-hydrogen) atoms. The number of piperidine rings is 1. The molecule has 2 heterocycles. The number of hydrogen-bond donors (Lipinski definition) is 0. The standard InChI is InChI=1S/C22H19NO4S/c24-21-18-10-3-4-11-19(18)22(27-21)13-6-14-23(15-22)28(25,26)20-12-5-8-16-7-1-2-9-17(16)20/h1-5,7-12H,6,13-15H2. The SMILES string of the molecule is O=C1OC2(CCCN(S(=O)(=O)c3cccc4ccccc34)C2)c2ccccc21. The van der Waals surface area contributed by atoms with Crippen molar-refractivity contribution in [2.75, 3.05) is 13.1 Å². The van der Waals surface area contributed by atoms with Crippen molar-refractivity contribution in [2.24, 2.45) is 0 Å². The molecule has 1 fully saturated rings. The fourth-order valence-electron chi connectivity index (χ4n) is 4.40. The zero-order valence-electron chi connectivity index (χ0n) is 15.2. The van der Waals surface area contributed by atoms with E-state index in [1.807, 2.05) is 42.5 Å². The second-order valence-electron chi connectivity index (χ2n) is 7.35. The number of fused-ring (bicyclic) bond motifs is 3. The smallest absolute Gasteiger partial charge is 0.339 e. The number of nitrogens with zero attached hydrogens (tertiary/aromatic N) is 1. The average molecular weight is 393 g/mol. The zero-order valence-corrected chi connectivity index (χ0v) is 16.0. The van der Waals surface area contributed by atoms with E-state index in [1.165, 1.54) is 4.31 Å². The second-order valence-corrected chi connectivity index (χ2v) is 9.26. The van der Waals surface area contributed by atoms with Crippen molar-refractivity contribution in [1.29, 1.82) is 0 Å². The number of carbonyl (C=O) groups is 1. The molecule has 1 atom stereocenters. The molecule has 6 heteroatoms. The third-order valence-corrected chi connectivity index (χ3v) is 7.62. The quantitative estimate of drug-likeness (QED) is 0.623. The Bertz CT molecular complexity index is 1200. The van der Waals surface area contributed by atoms with Crippen LogP contribution in [0.3, 0.4) is 0 Å². The molecule has 0 radical (unpaired) electrons. The molecule has 5 nitrogen and oxygen atoms in total. The molecule has 0 bridgehead atoms. The van der Waals surface area contributed by atoms with E-state index in [4.69, 9.17) is 4.74 Å². The first-order valence-corrected chi connectivity index (χ1v) is 10.8. The lowest BCUT2D eigenvalue weighted by atomic mass is 9.86. The van der Waals surface area contributed by atoms with Crippen LogP contribution in [-0.2, 0) is 20.4 Å². The molecule has 5 rings (SSSR count). The van der Waals surface area contributed by atoms with Crippen molar-refractivity contribution in [2.45, 2.75) is 23.3 Å². The minimum atomic E-state index is -3.73. The molecule has 3 aromatic rings. The van der Waals surface area contributed by atoms with Crippen LogP contribution in [0.4, 0.5) is 0 Å². The molecule has 0 aromatic heterocycles. The first-order valence-electron chi connectivity index (χ1n) is 9.32. The Hall–Kier alpha value is -2.70. The summed E-state index contributed by atoms with van der Waals surface area (Å²) in [6.45, 7) is 0.550. The molecule has 0 aliphatic carbocycles. The summed E-state index contributed by atoms with van der Waals surface area (Å²) in [5.41, 5.74) is 0.425. The van der Waals surface area contributed by atoms with E-state index in [1.54, 1.807) is 24.3 Å². The summed E-state index contributed by atoms with van der Waals surface area (Å²) in [5, 5.41) is 1.58. The molecule has 3 aromatic carbocycles. The fourth-order valence-corrected chi connectivity index (χ4v) is 6.14. The molecule has 2 aliphatic heterocycles. The van der Waals surface area contributed by atoms with Crippen LogP contribution >= 0.6 is 0 Å². The average Bonchev–Trinajstić information content (AvgIpc) is 2.99. The summed E-state index contributed by atoms with van der Waals surface area (Å²) in [7, 11) is -3.73. The molecule has 1 saturated heterocycles. The van der Waals surface area contributed by atoms with Crippen molar-refractivity contribution < 1.29 is 17.9 Å². The number of sulfonamides is 1. The highest BCUT2D eigenvalue weighted by molar-refractivity contribution is 7.89. The van der Waals surface area contributed by atoms with Crippen molar-refractivity contribution >= 4 is 26.8 Å². The number of rotatable bonds is 2. The van der Waals surface area contributed by atoms with Crippen LogP contribution in [0.5, 0.6) is 0 Å². The third kappa shape index (κ3) is 2.48. The molecule has 0 N–H and O–H groups in total. The first kappa shape index (κ1) is 17.4. The summed E-state index contributed by atoms with van der Waals surface area (Å²) < 4.78 is 34.3. The van der Waals surface area contributed by atoms with Crippen molar-refractivity contribution in [3.63, 3.8) is 0 Å². The number of benzene rings is 3. The van der Waals surface area contributed by atoms with Gasteiger partial charge < -0.3 is 4.74 Å². The number of esters is 1. The van der Waals surface area contributed by atoms with Crippen molar-refractivity contribution in [1.82, 2.24) is 4.31 Å². The topological polar surface area (TPSA) is 63.7 Å². The van der Waals surface area contributed by atoms with Gasteiger partial charge in [0.25, 0.3) is 0 Å². The van der Waals surface area contributed by atoms with Gasteiger partial charge in [0.05, 0.1) is 17.0 Å². The van der Waals surface area contributed by atoms with Gasteiger partial charge >= 0.3 is 5.97 Å². The monoisotopic (exact) mass is 393 g/mol. The Labute approximate surface area is 163 Å². The number of ether oxygens (including phenoxy) is 1. The molecule has 0 saturated carbocycles. The molecule has 1 unspecified atom stereocenters. The number of carbonyl (C=O) groups excluding carboxylic acids is 1. The fraction of sp³-hybridized carbons (Fsp3) is 0.227. The molecular weight excluding hydrogens is 374 g/mol. The Morgan fingerprint density at radius 2 is 1.68 bits per heavy atom. The number of hydrogen-bond acceptors (Lipinski definition) is 4. The van der Waals surface area contributed by atoms with Crippen LogP contribution in [0, 0.1) is 0 Å². The van der Waals surface area contributed by atoms with Crippen LogP contribution in [0.15, 0.2) is 71.6 Å². The molecular formula is C22H19NO4S. The highest BCUT2D eigenvalue weighted by Crippen LogP contribution is 2.44. The van der Waals surface area contributed by atoms with Gasteiger partial charge in [-0.1, -0.05) is 54.6 Å². The zero-order chi connectivity index (χ0) is 19.4. The van der Waals surface area contributed by atoms with Gasteiger partial charge in [-0.3, -0.25) is 0 Å². The Morgan fingerprint density at radius 3 is 2.57 bits per heavy atom. The van der Waals surface area contributed by atoms with Crippen molar-refractivity contribution in [3.05, 3.63) is 77.9 Å². The van der Waals surface area contributed by atoms with Crippen LogP contribution < -0.4 is 0 Å². The molecule has 2 aliphatic rings. The van der Waals surface area contributed by atoms with Crippen LogP contribution in [0.2, 0.25) is 0 Å². The maximum atomic E-state index is 13.5. The maximum Gasteiger partial charge on any atom is 0.339 e. The summed E-state index contributed by atoms with van der Waals surface area (Å²) in [4.78, 5) is 12.6. The van der Waals surface area contributed by atoms with Gasteiger partial charge in [-0.2, -0.15) is 4.31 Å². The van der Waals surface area contributed by atoms with Crippen LogP contribution in [-0.4, -0.2) is 31.8 Å². The van der Waals surface area contributed by atoms with E-state index in [2.05, 4.69) is 0 Å². The van der Waals surface area contributed by atoms with Crippen LogP contribution in [0.1, 0.15) is 28.8 Å². The predicted octanol–water partition coefficient (Wildman–Crippen LogP) is 3.69. The molecule has 1 spiro atoms. The first-order chi connectivity index (χ1) is 13.5. The molecule has 0 amide bonds. The minimum Gasteiger partial charge on any atom is -0.449 e. The highest BCUT2D eigenvalue weighted by atomic mass is 32.2. The van der Waals surface area contributed by atoms with Gasteiger partial charge in [0.1, 0.15) is 0 Å². The highest BCUT2D eigenvalue weighted by Gasteiger charge is 2.50. The summed E-state index contributed by atoms with van der Waals surface area (Å²) >= 11 is 0. The van der Waals surface area contributed by atoms with E-state index < -0.39 is 15.6 Å². The lowest BCUT2D eigenvalue weighted by molar-refractivity contribution is -0.0345. The van der Waals surface area contributed by atoms with E-state index in [0.717, 1.165) is 10.9 Å². The van der Waals surface area contributed by atoms with Gasteiger partial charge in [0.15, 0.2) is 5.60 Å². The lowest BCUT2D eigenvalue weighted by Crippen LogP contribution is -2.48. The largest absolute Gasteiger partial charge is 0.449 e. The lowest BCUT2D eigenvalue weighted by Gasteiger charge is -2.39. The van der Waals surface area contributed by atoms with Gasteiger partial charge in [0.2, 0.25) is 10.0 Å². The Morgan fingerprint density at radius 1 is 0.929 bits per heavy atom. The van der Waals surface area contributed by atoms with Gasteiger partial charge in [-0.05, 0) is 30.4 Å².